The summed E-state index contributed by atoms with van der Waals surface area (Å²) < 4.78 is 28.1. The van der Waals surface area contributed by atoms with Crippen LogP contribution in [0.2, 0.25) is 0 Å². The molecule has 0 aromatic heterocycles. The Morgan fingerprint density at radius 1 is 1.33 bits per heavy atom. The van der Waals surface area contributed by atoms with Crippen molar-refractivity contribution in [1.82, 2.24) is 0 Å². The molecule has 1 heterocycles. The van der Waals surface area contributed by atoms with Crippen molar-refractivity contribution in [3.05, 3.63) is 24.3 Å². The lowest BCUT2D eigenvalue weighted by Gasteiger charge is -2.29. The highest BCUT2D eigenvalue weighted by molar-refractivity contribution is 6.02. The summed E-state index contributed by atoms with van der Waals surface area (Å²) >= 11 is 0. The Morgan fingerprint density at radius 3 is 2.78 bits per heavy atom. The summed E-state index contributed by atoms with van der Waals surface area (Å²) in [6, 6.07) is 6.86. The lowest BCUT2D eigenvalue weighted by atomic mass is 9.99. The Morgan fingerprint density at radius 2 is 2.06 bits per heavy atom. The number of nitrogens with zero attached hydrogens (tertiary/aromatic N) is 1. The van der Waals surface area contributed by atoms with Crippen LogP contribution in [-0.2, 0) is 0 Å². The maximum atomic E-state index is 14.1. The second-order valence-electron chi connectivity index (χ2n) is 4.69. The van der Waals surface area contributed by atoms with Gasteiger partial charge in [0, 0.05) is 6.42 Å². The van der Waals surface area contributed by atoms with Gasteiger partial charge in [-0.1, -0.05) is 25.5 Å². The first kappa shape index (κ1) is 13.0. The Labute approximate surface area is 106 Å². The molecule has 1 aromatic rings. The molecule has 98 valence electrons. The minimum Gasteiger partial charge on any atom is -0.375 e. The van der Waals surface area contributed by atoms with E-state index in [1.807, 2.05) is 25.1 Å². The van der Waals surface area contributed by atoms with E-state index >= 15 is 0 Å². The average Bonchev–Trinajstić information content (AvgIpc) is 2.35. The van der Waals surface area contributed by atoms with Crippen LogP contribution in [0.3, 0.4) is 0 Å². The largest absolute Gasteiger partial charge is 0.375 e. The van der Waals surface area contributed by atoms with Crippen LogP contribution in [0.15, 0.2) is 29.3 Å². The molecule has 18 heavy (non-hydrogen) atoms. The fourth-order valence-corrected chi connectivity index (χ4v) is 2.15. The van der Waals surface area contributed by atoms with Gasteiger partial charge < -0.3 is 5.32 Å². The normalized spacial score (nSPS) is 18.9. The number of unbranched alkanes of at least 4 members (excludes halogenated alkanes) is 1. The van der Waals surface area contributed by atoms with Crippen molar-refractivity contribution in [1.29, 1.82) is 0 Å². The molecule has 0 aliphatic carbocycles. The standard InChI is InChI=1S/C14H18F2N2/c1-3-4-9-14(15,16)13-10(2)17-11-7-5-6-8-12(11)18-13/h5-8,10,17H,3-4,9H2,1-2H3. The van der Waals surface area contributed by atoms with Gasteiger partial charge in [-0.2, -0.15) is 8.78 Å². The van der Waals surface area contributed by atoms with Gasteiger partial charge in [0.2, 0.25) is 0 Å². The third-order valence-corrected chi connectivity index (χ3v) is 3.15. The van der Waals surface area contributed by atoms with Gasteiger partial charge in [0.05, 0.1) is 17.4 Å². The Kier molecular flexibility index (Phi) is 3.64. The second kappa shape index (κ2) is 5.04. The molecule has 0 radical (unpaired) electrons. The molecule has 1 aliphatic heterocycles. The van der Waals surface area contributed by atoms with Gasteiger partial charge >= 0.3 is 0 Å². The molecule has 0 saturated carbocycles. The Balaban J connectivity index is 2.30. The van der Waals surface area contributed by atoms with Crippen LogP contribution < -0.4 is 5.32 Å². The zero-order chi connectivity index (χ0) is 13.2. The molecular weight excluding hydrogens is 234 g/mol. The number of hydrogen-bond donors (Lipinski definition) is 1. The topological polar surface area (TPSA) is 24.4 Å². The number of para-hydroxylation sites is 2. The van der Waals surface area contributed by atoms with Gasteiger partial charge in [-0.3, -0.25) is 0 Å². The van der Waals surface area contributed by atoms with Crippen LogP contribution in [0.25, 0.3) is 0 Å². The Hall–Kier alpha value is -1.45. The summed E-state index contributed by atoms with van der Waals surface area (Å²) in [6.07, 6.45) is 1.15. The zero-order valence-corrected chi connectivity index (χ0v) is 10.7. The minimum atomic E-state index is -2.82. The predicted molar refractivity (Wildman–Crippen MR) is 71.1 cm³/mol. The van der Waals surface area contributed by atoms with Crippen molar-refractivity contribution in [3.63, 3.8) is 0 Å². The van der Waals surface area contributed by atoms with E-state index in [4.69, 9.17) is 0 Å². The number of benzene rings is 1. The molecule has 0 bridgehead atoms. The lowest BCUT2D eigenvalue weighted by molar-refractivity contribution is 0.0628. The van der Waals surface area contributed by atoms with Gasteiger partial charge in [-0.15, -0.1) is 0 Å². The maximum absolute atomic E-state index is 14.1. The Bertz CT molecular complexity index is 455. The molecule has 0 spiro atoms. The number of nitrogens with one attached hydrogen (secondary N) is 1. The first-order valence-electron chi connectivity index (χ1n) is 6.37. The van der Waals surface area contributed by atoms with Gasteiger partial charge in [-0.05, 0) is 25.5 Å². The van der Waals surface area contributed by atoms with Crippen molar-refractivity contribution < 1.29 is 8.78 Å². The minimum absolute atomic E-state index is 0.0466. The molecule has 1 aromatic carbocycles. The number of alkyl halides is 2. The van der Waals surface area contributed by atoms with E-state index in [-0.39, 0.29) is 12.1 Å². The first-order chi connectivity index (χ1) is 8.54. The summed E-state index contributed by atoms with van der Waals surface area (Å²) in [6.45, 7) is 3.64. The molecule has 2 nitrogen and oxygen atoms in total. The molecular formula is C14H18F2N2. The number of anilines is 1. The highest BCUT2D eigenvalue weighted by atomic mass is 19.3. The van der Waals surface area contributed by atoms with E-state index in [9.17, 15) is 8.78 Å². The van der Waals surface area contributed by atoms with Crippen LogP contribution in [-0.4, -0.2) is 17.7 Å². The summed E-state index contributed by atoms with van der Waals surface area (Å²) in [5, 5.41) is 3.08. The molecule has 1 aliphatic rings. The van der Waals surface area contributed by atoms with E-state index in [1.165, 1.54) is 0 Å². The number of halogens is 2. The molecule has 0 amide bonds. The smallest absolute Gasteiger partial charge is 0.288 e. The molecule has 1 atom stereocenters. The number of hydrogen-bond acceptors (Lipinski definition) is 2. The maximum Gasteiger partial charge on any atom is 0.288 e. The fraction of sp³-hybridized carbons (Fsp3) is 0.500. The summed E-state index contributed by atoms with van der Waals surface area (Å²) in [5.41, 5.74) is 1.37. The van der Waals surface area contributed by atoms with Crippen LogP contribution in [0.4, 0.5) is 20.2 Å². The van der Waals surface area contributed by atoms with Crippen LogP contribution in [0, 0.1) is 0 Å². The summed E-state index contributed by atoms with van der Waals surface area (Å²) in [4.78, 5) is 4.16. The van der Waals surface area contributed by atoms with Crippen molar-refractivity contribution in [2.75, 3.05) is 5.32 Å². The number of rotatable bonds is 4. The molecule has 1 N–H and O–H groups in total. The zero-order valence-electron chi connectivity index (χ0n) is 10.7. The fourth-order valence-electron chi connectivity index (χ4n) is 2.15. The monoisotopic (exact) mass is 252 g/mol. The second-order valence-corrected chi connectivity index (χ2v) is 4.69. The van der Waals surface area contributed by atoms with Gasteiger partial charge in [0.1, 0.15) is 5.71 Å². The molecule has 0 fully saturated rings. The molecule has 4 heteroatoms. The highest BCUT2D eigenvalue weighted by Gasteiger charge is 2.39. The lowest BCUT2D eigenvalue weighted by Crippen LogP contribution is -2.42. The molecule has 0 saturated heterocycles. The average molecular weight is 252 g/mol. The van der Waals surface area contributed by atoms with Crippen molar-refractivity contribution in [3.8, 4) is 0 Å². The number of aliphatic imine (C=N–C) groups is 1. The van der Waals surface area contributed by atoms with Gasteiger partial charge in [0.15, 0.2) is 0 Å². The molecule has 2 rings (SSSR count). The predicted octanol–water partition coefficient (Wildman–Crippen LogP) is 4.40. The summed E-state index contributed by atoms with van der Waals surface area (Å²) in [5.74, 6) is -2.82. The van der Waals surface area contributed by atoms with E-state index in [2.05, 4.69) is 10.3 Å². The van der Waals surface area contributed by atoms with E-state index in [0.29, 0.717) is 12.1 Å². The van der Waals surface area contributed by atoms with E-state index < -0.39 is 12.0 Å². The van der Waals surface area contributed by atoms with E-state index in [1.54, 1.807) is 13.0 Å². The SMILES string of the molecule is CCCCC(F)(F)C1=Nc2ccccc2NC1C. The van der Waals surface area contributed by atoms with Crippen LogP contribution in [0.5, 0.6) is 0 Å². The van der Waals surface area contributed by atoms with Crippen molar-refractivity contribution >= 4 is 17.1 Å². The van der Waals surface area contributed by atoms with Crippen LogP contribution in [0.1, 0.15) is 33.1 Å². The quantitative estimate of drug-likeness (QED) is 0.844. The third kappa shape index (κ3) is 2.52. The van der Waals surface area contributed by atoms with Crippen LogP contribution >= 0.6 is 0 Å². The number of fused-ring (bicyclic) bond motifs is 1. The molecule has 1 unspecified atom stereocenters. The van der Waals surface area contributed by atoms with Gasteiger partial charge in [-0.25, -0.2) is 4.99 Å². The highest BCUT2D eigenvalue weighted by Crippen LogP contribution is 2.35. The van der Waals surface area contributed by atoms with E-state index in [0.717, 1.165) is 12.1 Å². The van der Waals surface area contributed by atoms with Gasteiger partial charge in [0.25, 0.3) is 5.92 Å². The van der Waals surface area contributed by atoms with Crippen molar-refractivity contribution in [2.45, 2.75) is 45.1 Å². The third-order valence-electron chi connectivity index (χ3n) is 3.15. The first-order valence-corrected chi connectivity index (χ1v) is 6.37. The summed E-state index contributed by atoms with van der Waals surface area (Å²) in [7, 11) is 0. The van der Waals surface area contributed by atoms with Crippen molar-refractivity contribution in [2.24, 2.45) is 4.99 Å².